The van der Waals surface area contributed by atoms with Gasteiger partial charge in [-0.25, -0.2) is 4.79 Å². The largest absolute Gasteiger partial charge is 0.478 e. The molecule has 0 aliphatic rings. The van der Waals surface area contributed by atoms with Crippen LogP contribution in [0, 0.1) is 0 Å². The molecule has 2 N–H and O–H groups in total. The van der Waals surface area contributed by atoms with Gasteiger partial charge in [0.1, 0.15) is 5.69 Å². The first-order chi connectivity index (χ1) is 9.36. The average Bonchev–Trinajstić information content (AvgIpc) is 2.67. The normalized spacial score (nSPS) is 10.3. The third-order valence-electron chi connectivity index (χ3n) is 2.61. The number of nitrogens with zero attached hydrogens (tertiary/aromatic N) is 1. The Hall–Kier alpha value is -1.60. The minimum Gasteiger partial charge on any atom is -0.478 e. The van der Waals surface area contributed by atoms with Crippen LogP contribution in [0.1, 0.15) is 20.8 Å². The van der Waals surface area contributed by atoms with Gasteiger partial charge in [0.2, 0.25) is 0 Å². The van der Waals surface area contributed by atoms with Crippen molar-refractivity contribution in [1.82, 2.24) is 4.57 Å². The molecule has 0 saturated heterocycles. The van der Waals surface area contributed by atoms with Gasteiger partial charge < -0.3 is 15.0 Å². The van der Waals surface area contributed by atoms with Gasteiger partial charge in [-0.1, -0.05) is 15.9 Å². The summed E-state index contributed by atoms with van der Waals surface area (Å²) in [6.07, 6.45) is 1.76. The van der Waals surface area contributed by atoms with Crippen molar-refractivity contribution in [3.63, 3.8) is 0 Å². The molecular formula is C13H10Br2N2O3. The van der Waals surface area contributed by atoms with Crippen molar-refractivity contribution in [3.05, 3.63) is 50.7 Å². The number of carboxylic acid groups (broad SMARTS) is 1. The highest BCUT2D eigenvalue weighted by molar-refractivity contribution is 9.10. The first kappa shape index (κ1) is 14.8. The number of carbonyl (C=O) groups excluding carboxylic acids is 1. The Labute approximate surface area is 131 Å². The van der Waals surface area contributed by atoms with E-state index in [9.17, 15) is 9.59 Å². The molecule has 0 aliphatic heterocycles. The van der Waals surface area contributed by atoms with Crippen molar-refractivity contribution in [2.24, 2.45) is 7.05 Å². The Balaban J connectivity index is 2.28. The Morgan fingerprint density at radius 2 is 1.85 bits per heavy atom. The lowest BCUT2D eigenvalue weighted by Gasteiger charge is -2.07. The van der Waals surface area contributed by atoms with Crippen LogP contribution >= 0.6 is 31.9 Å². The molecule has 0 saturated carbocycles. The van der Waals surface area contributed by atoms with Gasteiger partial charge in [0.05, 0.1) is 5.56 Å². The monoisotopic (exact) mass is 400 g/mol. The molecule has 104 valence electrons. The number of benzene rings is 1. The molecule has 0 bridgehead atoms. The van der Waals surface area contributed by atoms with Crippen molar-refractivity contribution in [2.45, 2.75) is 0 Å². The van der Waals surface area contributed by atoms with Crippen LogP contribution < -0.4 is 5.32 Å². The van der Waals surface area contributed by atoms with E-state index in [4.69, 9.17) is 5.11 Å². The van der Waals surface area contributed by atoms with Crippen LogP contribution in [0.5, 0.6) is 0 Å². The number of hydrogen-bond acceptors (Lipinski definition) is 2. The smallest absolute Gasteiger partial charge is 0.335 e. The molecule has 2 aromatic rings. The van der Waals surface area contributed by atoms with Crippen molar-refractivity contribution in [3.8, 4) is 0 Å². The minimum atomic E-state index is -1.05. The Kier molecular flexibility index (Phi) is 4.29. The average molecular weight is 402 g/mol. The number of aromatic carboxylic acids is 1. The maximum atomic E-state index is 12.1. The van der Waals surface area contributed by atoms with Gasteiger partial charge in [0.15, 0.2) is 0 Å². The number of aryl methyl sites for hydroxylation is 1. The fourth-order valence-electron chi connectivity index (χ4n) is 1.73. The summed E-state index contributed by atoms with van der Waals surface area (Å²) in [5.74, 6) is -1.36. The molecule has 1 aromatic carbocycles. The van der Waals surface area contributed by atoms with E-state index < -0.39 is 5.97 Å². The van der Waals surface area contributed by atoms with E-state index in [1.165, 1.54) is 12.1 Å². The molecule has 1 heterocycles. The highest BCUT2D eigenvalue weighted by Crippen LogP contribution is 2.21. The lowest BCUT2D eigenvalue weighted by Crippen LogP contribution is -2.15. The third kappa shape index (κ3) is 3.29. The molecule has 5 nitrogen and oxygen atoms in total. The van der Waals surface area contributed by atoms with Crippen LogP contribution in [0.25, 0.3) is 0 Å². The summed E-state index contributed by atoms with van der Waals surface area (Å²) in [5, 5.41) is 11.7. The summed E-state index contributed by atoms with van der Waals surface area (Å²) in [7, 11) is 1.75. The lowest BCUT2D eigenvalue weighted by atomic mass is 10.2. The van der Waals surface area contributed by atoms with Crippen LogP contribution in [0.15, 0.2) is 39.4 Å². The molecule has 0 fully saturated rings. The molecule has 0 unspecified atom stereocenters. The standard InChI is InChI=1S/C13H10Br2N2O3/c1-17-6-9(15)5-11(17)12(18)16-10-3-7(13(19)20)2-8(14)4-10/h2-6H,1H3,(H,16,18)(H,19,20). The van der Waals surface area contributed by atoms with Gasteiger partial charge in [-0.2, -0.15) is 0 Å². The van der Waals surface area contributed by atoms with E-state index in [1.807, 2.05) is 0 Å². The Morgan fingerprint density at radius 3 is 2.40 bits per heavy atom. The lowest BCUT2D eigenvalue weighted by molar-refractivity contribution is 0.0696. The van der Waals surface area contributed by atoms with Crippen molar-refractivity contribution < 1.29 is 14.7 Å². The molecule has 2 rings (SSSR count). The summed E-state index contributed by atoms with van der Waals surface area (Å²) < 4.78 is 3.06. The molecule has 7 heteroatoms. The summed E-state index contributed by atoms with van der Waals surface area (Å²) in [6, 6.07) is 6.20. The number of anilines is 1. The fourth-order valence-corrected chi connectivity index (χ4v) is 2.75. The predicted molar refractivity (Wildman–Crippen MR) is 82.2 cm³/mol. The first-order valence-electron chi connectivity index (χ1n) is 5.54. The number of carbonyl (C=O) groups is 2. The van der Waals surface area contributed by atoms with Crippen LogP contribution in [-0.2, 0) is 7.05 Å². The van der Waals surface area contributed by atoms with E-state index in [-0.39, 0.29) is 11.5 Å². The van der Waals surface area contributed by atoms with Crippen molar-refractivity contribution in [2.75, 3.05) is 5.32 Å². The second-order valence-electron chi connectivity index (χ2n) is 4.14. The first-order valence-corrected chi connectivity index (χ1v) is 7.12. The van der Waals surface area contributed by atoms with E-state index in [2.05, 4.69) is 37.2 Å². The highest BCUT2D eigenvalue weighted by Gasteiger charge is 2.13. The van der Waals surface area contributed by atoms with E-state index in [0.29, 0.717) is 15.9 Å². The molecule has 0 radical (unpaired) electrons. The number of amides is 1. The number of halogens is 2. The third-order valence-corrected chi connectivity index (χ3v) is 3.50. The number of rotatable bonds is 3. The van der Waals surface area contributed by atoms with Gasteiger partial charge in [-0.15, -0.1) is 0 Å². The molecule has 0 spiro atoms. The zero-order chi connectivity index (χ0) is 14.9. The van der Waals surface area contributed by atoms with Gasteiger partial charge in [0.25, 0.3) is 5.91 Å². The Morgan fingerprint density at radius 1 is 1.15 bits per heavy atom. The maximum absolute atomic E-state index is 12.1. The van der Waals surface area contributed by atoms with Crippen molar-refractivity contribution >= 4 is 49.4 Å². The number of aromatic nitrogens is 1. The number of hydrogen-bond donors (Lipinski definition) is 2. The van der Waals surface area contributed by atoms with Gasteiger partial charge in [-0.05, 0) is 40.2 Å². The molecule has 1 amide bonds. The summed E-state index contributed by atoms with van der Waals surface area (Å²) >= 11 is 6.51. The van der Waals surface area contributed by atoms with Crippen LogP contribution in [0.4, 0.5) is 5.69 Å². The molecule has 0 atom stereocenters. The van der Waals surface area contributed by atoms with E-state index in [1.54, 1.807) is 29.9 Å². The van der Waals surface area contributed by atoms with Crippen molar-refractivity contribution in [1.29, 1.82) is 0 Å². The zero-order valence-corrected chi connectivity index (χ0v) is 13.5. The second-order valence-corrected chi connectivity index (χ2v) is 5.97. The van der Waals surface area contributed by atoms with Gasteiger partial charge in [0, 0.05) is 27.9 Å². The van der Waals surface area contributed by atoms with Crippen LogP contribution in [-0.4, -0.2) is 21.6 Å². The molecular weight excluding hydrogens is 392 g/mol. The second kappa shape index (κ2) is 5.80. The Bertz CT molecular complexity index is 695. The summed E-state index contributed by atoms with van der Waals surface area (Å²) in [4.78, 5) is 23.1. The number of nitrogens with one attached hydrogen (secondary N) is 1. The van der Waals surface area contributed by atoms with Gasteiger partial charge >= 0.3 is 5.97 Å². The van der Waals surface area contributed by atoms with Gasteiger partial charge in [-0.3, -0.25) is 4.79 Å². The highest BCUT2D eigenvalue weighted by atomic mass is 79.9. The molecule has 20 heavy (non-hydrogen) atoms. The quantitative estimate of drug-likeness (QED) is 0.826. The predicted octanol–water partition coefficient (Wildman–Crippen LogP) is 3.50. The topological polar surface area (TPSA) is 71.3 Å². The minimum absolute atomic E-state index is 0.0998. The number of carboxylic acids is 1. The van der Waals surface area contributed by atoms with E-state index >= 15 is 0 Å². The van der Waals surface area contributed by atoms with Crippen LogP contribution in [0.3, 0.4) is 0 Å². The zero-order valence-electron chi connectivity index (χ0n) is 10.4. The van der Waals surface area contributed by atoms with Crippen LogP contribution in [0.2, 0.25) is 0 Å². The molecule has 0 aliphatic carbocycles. The van der Waals surface area contributed by atoms with E-state index in [0.717, 1.165) is 4.47 Å². The SMILES string of the molecule is Cn1cc(Br)cc1C(=O)Nc1cc(Br)cc(C(=O)O)c1. The molecule has 1 aromatic heterocycles. The summed E-state index contributed by atoms with van der Waals surface area (Å²) in [6.45, 7) is 0. The fraction of sp³-hybridized carbons (Fsp3) is 0.0769. The summed E-state index contributed by atoms with van der Waals surface area (Å²) in [5.41, 5.74) is 0.982. The maximum Gasteiger partial charge on any atom is 0.335 e.